The second kappa shape index (κ2) is 7.26. The summed E-state index contributed by atoms with van der Waals surface area (Å²) in [5.41, 5.74) is 3.27. The van der Waals surface area contributed by atoms with E-state index in [1.54, 1.807) is 17.6 Å². The Morgan fingerprint density at radius 1 is 1.19 bits per heavy atom. The quantitative estimate of drug-likeness (QED) is 0.487. The van der Waals surface area contributed by atoms with E-state index >= 15 is 0 Å². The molecule has 1 unspecified atom stereocenters. The first-order valence-electron chi connectivity index (χ1n) is 6.59. The van der Waals surface area contributed by atoms with Crippen LogP contribution in [-0.2, 0) is 4.79 Å². The Morgan fingerprint density at radius 2 is 1.90 bits per heavy atom. The maximum Gasteiger partial charge on any atom is 0.255 e. The van der Waals surface area contributed by atoms with Crippen molar-refractivity contribution >= 4 is 5.91 Å². The number of hydroxylamine groups is 1. The van der Waals surface area contributed by atoms with Gasteiger partial charge in [0, 0.05) is 0 Å². The summed E-state index contributed by atoms with van der Waals surface area (Å²) in [5, 5.41) is 8.99. The van der Waals surface area contributed by atoms with E-state index in [2.05, 4.69) is 6.58 Å². The third-order valence-corrected chi connectivity index (χ3v) is 3.06. The highest BCUT2D eigenvalue weighted by atomic mass is 16.5. The van der Waals surface area contributed by atoms with Crippen LogP contribution < -0.4 is 10.2 Å². The molecule has 0 heterocycles. The van der Waals surface area contributed by atoms with Crippen LogP contribution in [0.4, 0.5) is 0 Å². The average Bonchev–Trinajstić information content (AvgIpc) is 2.54. The zero-order valence-corrected chi connectivity index (χ0v) is 11.5. The molecule has 0 aromatic heterocycles. The first-order valence-corrected chi connectivity index (χ1v) is 6.59. The normalized spacial score (nSPS) is 11.5. The fourth-order valence-corrected chi connectivity index (χ4v) is 2.14. The topological polar surface area (TPSA) is 58.6 Å². The second-order valence-corrected chi connectivity index (χ2v) is 4.49. The Bertz CT molecular complexity index is 610. The predicted octanol–water partition coefficient (Wildman–Crippen LogP) is 2.89. The number of carbonyl (C=O) groups excluding carboxylic acids is 1. The van der Waals surface area contributed by atoms with Gasteiger partial charge in [-0.25, -0.2) is 5.48 Å². The van der Waals surface area contributed by atoms with Crippen LogP contribution in [0.5, 0.6) is 5.75 Å². The summed E-state index contributed by atoms with van der Waals surface area (Å²) in [6.45, 7) is 3.99. The molecule has 2 aromatic carbocycles. The summed E-state index contributed by atoms with van der Waals surface area (Å²) < 4.78 is 5.48. The SMILES string of the molecule is C=CCOc1cccc(C(C(=O)NO)c2ccccc2)c1. The van der Waals surface area contributed by atoms with Gasteiger partial charge in [0.2, 0.25) is 0 Å². The minimum atomic E-state index is -0.594. The molecule has 2 rings (SSSR count). The molecule has 0 saturated heterocycles. The van der Waals surface area contributed by atoms with Gasteiger partial charge in [-0.15, -0.1) is 0 Å². The van der Waals surface area contributed by atoms with Crippen LogP contribution in [0.3, 0.4) is 0 Å². The number of hydrogen-bond acceptors (Lipinski definition) is 3. The van der Waals surface area contributed by atoms with Crippen molar-refractivity contribution in [3.05, 3.63) is 78.4 Å². The van der Waals surface area contributed by atoms with Crippen molar-refractivity contribution < 1.29 is 14.7 Å². The molecule has 0 fully saturated rings. The standard InChI is InChI=1S/C17H17NO3/c1-2-11-21-15-10-6-9-14(12-15)16(17(19)18-20)13-7-4-3-5-8-13/h2-10,12,16,20H,1,11H2,(H,18,19). The fraction of sp³-hybridized carbons (Fsp3) is 0.118. The van der Waals surface area contributed by atoms with Crippen LogP contribution in [0, 0.1) is 0 Å². The molecule has 0 saturated carbocycles. The van der Waals surface area contributed by atoms with Crippen molar-refractivity contribution in [2.45, 2.75) is 5.92 Å². The van der Waals surface area contributed by atoms with Crippen molar-refractivity contribution in [2.75, 3.05) is 6.61 Å². The minimum absolute atomic E-state index is 0.394. The summed E-state index contributed by atoms with van der Waals surface area (Å²) in [4.78, 5) is 12.0. The van der Waals surface area contributed by atoms with Gasteiger partial charge in [-0.05, 0) is 23.3 Å². The zero-order valence-electron chi connectivity index (χ0n) is 11.5. The number of nitrogens with one attached hydrogen (secondary N) is 1. The van der Waals surface area contributed by atoms with Crippen LogP contribution >= 0.6 is 0 Å². The Morgan fingerprint density at radius 3 is 2.57 bits per heavy atom. The van der Waals surface area contributed by atoms with Crippen molar-refractivity contribution in [1.29, 1.82) is 0 Å². The highest BCUT2D eigenvalue weighted by Crippen LogP contribution is 2.27. The van der Waals surface area contributed by atoms with Gasteiger partial charge in [-0.1, -0.05) is 55.1 Å². The van der Waals surface area contributed by atoms with Gasteiger partial charge in [0.15, 0.2) is 0 Å². The molecule has 4 heteroatoms. The summed E-state index contributed by atoms with van der Waals surface area (Å²) in [7, 11) is 0. The van der Waals surface area contributed by atoms with E-state index in [0.29, 0.717) is 12.4 Å². The predicted molar refractivity (Wildman–Crippen MR) is 80.3 cm³/mol. The molecule has 1 amide bonds. The van der Waals surface area contributed by atoms with Gasteiger partial charge >= 0.3 is 0 Å². The van der Waals surface area contributed by atoms with E-state index in [-0.39, 0.29) is 0 Å². The van der Waals surface area contributed by atoms with Gasteiger partial charge in [0.05, 0.1) is 5.92 Å². The van der Waals surface area contributed by atoms with E-state index in [4.69, 9.17) is 9.94 Å². The lowest BCUT2D eigenvalue weighted by atomic mass is 9.90. The van der Waals surface area contributed by atoms with Gasteiger partial charge in [0.25, 0.3) is 5.91 Å². The number of carbonyl (C=O) groups is 1. The smallest absolute Gasteiger partial charge is 0.255 e. The lowest BCUT2D eigenvalue weighted by molar-refractivity contribution is -0.129. The Hall–Kier alpha value is -2.59. The van der Waals surface area contributed by atoms with E-state index in [9.17, 15) is 4.79 Å². The maximum atomic E-state index is 12.0. The highest BCUT2D eigenvalue weighted by Gasteiger charge is 2.22. The van der Waals surface area contributed by atoms with Crippen LogP contribution in [0.1, 0.15) is 17.0 Å². The molecule has 0 radical (unpaired) electrons. The molecule has 2 aromatic rings. The van der Waals surface area contributed by atoms with E-state index in [0.717, 1.165) is 11.1 Å². The Kier molecular flexibility index (Phi) is 5.12. The van der Waals surface area contributed by atoms with Crippen molar-refractivity contribution in [3.8, 4) is 5.75 Å². The highest BCUT2D eigenvalue weighted by molar-refractivity contribution is 5.86. The van der Waals surface area contributed by atoms with Crippen molar-refractivity contribution in [2.24, 2.45) is 0 Å². The molecular weight excluding hydrogens is 266 g/mol. The monoisotopic (exact) mass is 283 g/mol. The van der Waals surface area contributed by atoms with Crippen molar-refractivity contribution in [1.82, 2.24) is 5.48 Å². The van der Waals surface area contributed by atoms with Crippen LogP contribution in [0.15, 0.2) is 67.3 Å². The number of amides is 1. The van der Waals surface area contributed by atoms with Gasteiger partial charge in [-0.2, -0.15) is 0 Å². The lowest BCUT2D eigenvalue weighted by Crippen LogP contribution is -2.27. The van der Waals surface area contributed by atoms with Gasteiger partial charge in [0.1, 0.15) is 12.4 Å². The Balaban J connectivity index is 2.37. The molecule has 21 heavy (non-hydrogen) atoms. The largest absolute Gasteiger partial charge is 0.490 e. The lowest BCUT2D eigenvalue weighted by Gasteiger charge is -2.16. The first kappa shape index (κ1) is 14.8. The number of hydrogen-bond donors (Lipinski definition) is 2. The van der Waals surface area contributed by atoms with Gasteiger partial charge in [-0.3, -0.25) is 10.0 Å². The van der Waals surface area contributed by atoms with Crippen molar-refractivity contribution in [3.63, 3.8) is 0 Å². The number of rotatable bonds is 6. The molecule has 108 valence electrons. The van der Waals surface area contributed by atoms with E-state index in [1.807, 2.05) is 48.5 Å². The molecule has 0 aliphatic heterocycles. The summed E-state index contributed by atoms with van der Waals surface area (Å²) >= 11 is 0. The molecule has 1 atom stereocenters. The van der Waals surface area contributed by atoms with Gasteiger partial charge < -0.3 is 4.74 Å². The van der Waals surface area contributed by atoms with Crippen LogP contribution in [-0.4, -0.2) is 17.7 Å². The molecule has 0 spiro atoms. The third kappa shape index (κ3) is 3.70. The first-order chi connectivity index (χ1) is 10.3. The zero-order chi connectivity index (χ0) is 15.1. The molecule has 0 bridgehead atoms. The number of benzene rings is 2. The Labute approximate surface area is 123 Å². The summed E-state index contributed by atoms with van der Waals surface area (Å²) in [6.07, 6.45) is 1.65. The third-order valence-electron chi connectivity index (χ3n) is 3.06. The molecule has 0 aliphatic rings. The second-order valence-electron chi connectivity index (χ2n) is 4.49. The van der Waals surface area contributed by atoms with E-state index < -0.39 is 11.8 Å². The van der Waals surface area contributed by atoms with E-state index in [1.165, 1.54) is 0 Å². The maximum absolute atomic E-state index is 12.0. The number of ether oxygens (including phenoxy) is 1. The summed E-state index contributed by atoms with van der Waals surface area (Å²) in [6, 6.07) is 16.5. The van der Waals surface area contributed by atoms with Crippen LogP contribution in [0.2, 0.25) is 0 Å². The average molecular weight is 283 g/mol. The summed E-state index contributed by atoms with van der Waals surface area (Å²) in [5.74, 6) is -0.426. The molecule has 2 N–H and O–H groups in total. The van der Waals surface area contributed by atoms with Crippen LogP contribution in [0.25, 0.3) is 0 Å². The molecule has 4 nitrogen and oxygen atoms in total. The molecule has 0 aliphatic carbocycles. The fourth-order valence-electron chi connectivity index (χ4n) is 2.14. The molecular formula is C17H17NO3. The minimum Gasteiger partial charge on any atom is -0.490 e.